The van der Waals surface area contributed by atoms with Gasteiger partial charge in [0.05, 0.1) is 23.1 Å². The zero-order valence-corrected chi connectivity index (χ0v) is 15.6. The third-order valence-electron chi connectivity index (χ3n) is 3.92. The number of carbonyl (C=O) groups excluding carboxylic acids is 1. The van der Waals surface area contributed by atoms with Crippen molar-refractivity contribution in [2.45, 2.75) is 25.8 Å². The molecule has 130 valence electrons. The van der Waals surface area contributed by atoms with Gasteiger partial charge in [-0.15, -0.1) is 11.8 Å². The Hall–Kier alpha value is -2.54. The smallest absolute Gasteiger partial charge is 0.261 e. The molecule has 25 heavy (non-hydrogen) atoms. The molecule has 3 rings (SSSR count). The summed E-state index contributed by atoms with van der Waals surface area (Å²) in [6, 6.07) is 7.83. The molecule has 3 aromatic rings. The monoisotopic (exact) mass is 355 g/mol. The molecule has 0 aliphatic heterocycles. The summed E-state index contributed by atoms with van der Waals surface area (Å²) in [7, 11) is 1.84. The first-order valence-electron chi connectivity index (χ1n) is 8.08. The molecule has 0 unspecified atom stereocenters. The maximum absolute atomic E-state index is 12.8. The molecule has 7 heteroatoms. The topological polar surface area (TPSA) is 64.7 Å². The SMILES string of the molecule is CCSc1ccc(NC(=O)c2cnn(C)c2-n2c(C)ccc2C)cn1. The number of aromatic nitrogens is 4. The standard InChI is InChI=1S/C18H21N5OS/c1-5-25-16-9-8-14(10-19-16)21-17(24)15-11-20-22(4)18(15)23-12(2)6-7-13(23)3/h6-11H,5H2,1-4H3,(H,21,24). The normalized spacial score (nSPS) is 10.9. The molecule has 0 bridgehead atoms. The van der Waals surface area contributed by atoms with Crippen LogP contribution in [0.5, 0.6) is 0 Å². The fraction of sp³-hybridized carbons (Fsp3) is 0.278. The average Bonchev–Trinajstić information content (AvgIpc) is 3.12. The highest BCUT2D eigenvalue weighted by Gasteiger charge is 2.20. The summed E-state index contributed by atoms with van der Waals surface area (Å²) in [5, 5.41) is 8.12. The predicted octanol–water partition coefficient (Wildman–Crippen LogP) is 3.59. The fourth-order valence-corrected chi connectivity index (χ4v) is 3.33. The van der Waals surface area contributed by atoms with Gasteiger partial charge in [-0.1, -0.05) is 6.92 Å². The fourth-order valence-electron chi connectivity index (χ4n) is 2.74. The summed E-state index contributed by atoms with van der Waals surface area (Å²) in [6.45, 7) is 6.10. The second kappa shape index (κ2) is 7.14. The van der Waals surface area contributed by atoms with E-state index in [1.54, 1.807) is 28.8 Å². The van der Waals surface area contributed by atoms with Crippen molar-refractivity contribution < 1.29 is 4.79 Å². The van der Waals surface area contributed by atoms with Crippen LogP contribution in [-0.4, -0.2) is 31.0 Å². The van der Waals surface area contributed by atoms with Crippen molar-refractivity contribution in [1.82, 2.24) is 19.3 Å². The first-order chi connectivity index (χ1) is 12.0. The Bertz CT molecular complexity index is 875. The molecule has 3 heterocycles. The molecule has 0 aromatic carbocycles. The van der Waals surface area contributed by atoms with Crippen molar-refractivity contribution in [1.29, 1.82) is 0 Å². The Morgan fingerprint density at radius 3 is 2.48 bits per heavy atom. The molecule has 0 saturated carbocycles. The van der Waals surface area contributed by atoms with Crippen LogP contribution >= 0.6 is 11.8 Å². The molecule has 1 N–H and O–H groups in total. The highest BCUT2D eigenvalue weighted by molar-refractivity contribution is 7.99. The van der Waals surface area contributed by atoms with Gasteiger partial charge in [-0.05, 0) is 43.9 Å². The maximum Gasteiger partial charge on any atom is 0.261 e. The molecule has 3 aromatic heterocycles. The van der Waals surface area contributed by atoms with Gasteiger partial charge in [0.1, 0.15) is 11.4 Å². The van der Waals surface area contributed by atoms with Crippen molar-refractivity contribution >= 4 is 23.4 Å². The molecule has 0 atom stereocenters. The van der Waals surface area contributed by atoms with Crippen molar-refractivity contribution in [2.24, 2.45) is 7.05 Å². The number of hydrogen-bond donors (Lipinski definition) is 1. The van der Waals surface area contributed by atoms with Gasteiger partial charge in [-0.25, -0.2) is 4.98 Å². The van der Waals surface area contributed by atoms with Crippen LogP contribution in [0.1, 0.15) is 28.7 Å². The summed E-state index contributed by atoms with van der Waals surface area (Å²) >= 11 is 1.67. The zero-order valence-electron chi connectivity index (χ0n) is 14.8. The van der Waals surface area contributed by atoms with Crippen LogP contribution < -0.4 is 5.32 Å². The van der Waals surface area contributed by atoms with Gasteiger partial charge in [0.25, 0.3) is 5.91 Å². The number of thioether (sulfide) groups is 1. The lowest BCUT2D eigenvalue weighted by Crippen LogP contribution is -2.16. The van der Waals surface area contributed by atoms with Gasteiger partial charge in [0.15, 0.2) is 0 Å². The lowest BCUT2D eigenvalue weighted by atomic mass is 10.2. The molecule has 0 aliphatic carbocycles. The van der Waals surface area contributed by atoms with Crippen LogP contribution in [0.2, 0.25) is 0 Å². The Morgan fingerprint density at radius 2 is 1.88 bits per heavy atom. The first-order valence-corrected chi connectivity index (χ1v) is 9.07. The van der Waals surface area contributed by atoms with E-state index in [0.717, 1.165) is 28.0 Å². The van der Waals surface area contributed by atoms with E-state index >= 15 is 0 Å². The third-order valence-corrected chi connectivity index (χ3v) is 4.75. The molecular weight excluding hydrogens is 334 g/mol. The van der Waals surface area contributed by atoms with Gasteiger partial charge >= 0.3 is 0 Å². The zero-order chi connectivity index (χ0) is 18.0. The van der Waals surface area contributed by atoms with Crippen LogP contribution in [0, 0.1) is 13.8 Å². The average molecular weight is 355 g/mol. The van der Waals surface area contributed by atoms with Gasteiger partial charge in [-0.2, -0.15) is 5.10 Å². The Kier molecular flexibility index (Phi) is 4.94. The number of hydrogen-bond acceptors (Lipinski definition) is 4. The Labute approximate surface area is 151 Å². The molecular formula is C18H21N5OS. The minimum absolute atomic E-state index is 0.201. The second-order valence-corrected chi connectivity index (χ2v) is 7.01. The number of pyridine rings is 1. The number of carbonyl (C=O) groups is 1. The lowest BCUT2D eigenvalue weighted by molar-refractivity contribution is 0.102. The summed E-state index contributed by atoms with van der Waals surface area (Å²) in [5.41, 5.74) is 3.30. The molecule has 0 radical (unpaired) electrons. The van der Waals surface area contributed by atoms with E-state index < -0.39 is 0 Å². The summed E-state index contributed by atoms with van der Waals surface area (Å²) in [4.78, 5) is 17.1. The number of aryl methyl sites for hydroxylation is 3. The van der Waals surface area contributed by atoms with E-state index in [4.69, 9.17) is 0 Å². The van der Waals surface area contributed by atoms with Gasteiger partial charge < -0.3 is 9.88 Å². The molecule has 6 nitrogen and oxygen atoms in total. The van der Waals surface area contributed by atoms with Crippen LogP contribution in [0.4, 0.5) is 5.69 Å². The highest BCUT2D eigenvalue weighted by atomic mass is 32.2. The summed E-state index contributed by atoms with van der Waals surface area (Å²) in [5.74, 6) is 1.52. The number of nitrogens with zero attached hydrogens (tertiary/aromatic N) is 4. The van der Waals surface area contributed by atoms with E-state index in [0.29, 0.717) is 11.3 Å². The quantitative estimate of drug-likeness (QED) is 0.711. The molecule has 0 fully saturated rings. The minimum Gasteiger partial charge on any atom is -0.320 e. The predicted molar refractivity (Wildman–Crippen MR) is 101 cm³/mol. The van der Waals surface area contributed by atoms with Crippen molar-refractivity contribution in [2.75, 3.05) is 11.1 Å². The first kappa shape index (κ1) is 17.3. The van der Waals surface area contributed by atoms with E-state index in [-0.39, 0.29) is 5.91 Å². The number of amides is 1. The Balaban J connectivity index is 1.89. The van der Waals surface area contributed by atoms with Crippen LogP contribution in [0.25, 0.3) is 5.82 Å². The molecule has 1 amide bonds. The van der Waals surface area contributed by atoms with Gasteiger partial charge in [0, 0.05) is 18.4 Å². The van der Waals surface area contributed by atoms with Gasteiger partial charge in [-0.3, -0.25) is 9.48 Å². The number of anilines is 1. The van der Waals surface area contributed by atoms with Crippen LogP contribution in [0.3, 0.4) is 0 Å². The Morgan fingerprint density at radius 1 is 1.16 bits per heavy atom. The van der Waals surface area contributed by atoms with Crippen molar-refractivity contribution in [3.63, 3.8) is 0 Å². The highest BCUT2D eigenvalue weighted by Crippen LogP contribution is 2.21. The van der Waals surface area contributed by atoms with Crippen molar-refractivity contribution in [3.05, 3.63) is 53.6 Å². The lowest BCUT2D eigenvalue weighted by Gasteiger charge is -2.12. The maximum atomic E-state index is 12.8. The van der Waals surface area contributed by atoms with Crippen molar-refractivity contribution in [3.8, 4) is 5.82 Å². The van der Waals surface area contributed by atoms with E-state index in [1.807, 2.05) is 49.7 Å². The number of rotatable bonds is 5. The molecule has 0 aliphatic rings. The summed E-state index contributed by atoms with van der Waals surface area (Å²) < 4.78 is 3.75. The minimum atomic E-state index is -0.201. The van der Waals surface area contributed by atoms with E-state index in [9.17, 15) is 4.79 Å². The molecule has 0 spiro atoms. The third kappa shape index (κ3) is 3.46. The molecule has 0 saturated heterocycles. The van der Waals surface area contributed by atoms with E-state index in [1.165, 1.54) is 0 Å². The van der Waals surface area contributed by atoms with Gasteiger partial charge in [0.2, 0.25) is 0 Å². The summed E-state index contributed by atoms with van der Waals surface area (Å²) in [6.07, 6.45) is 3.27. The van der Waals surface area contributed by atoms with Crippen LogP contribution in [-0.2, 0) is 7.05 Å². The van der Waals surface area contributed by atoms with Crippen LogP contribution in [0.15, 0.2) is 41.7 Å². The van der Waals surface area contributed by atoms with E-state index in [2.05, 4.69) is 22.3 Å². The number of nitrogens with one attached hydrogen (secondary N) is 1. The second-order valence-electron chi connectivity index (χ2n) is 5.73. The largest absolute Gasteiger partial charge is 0.320 e.